The van der Waals surface area contributed by atoms with E-state index >= 15 is 0 Å². The second kappa shape index (κ2) is 8.95. The van der Waals surface area contributed by atoms with E-state index in [1.807, 2.05) is 36.1 Å². The highest BCUT2D eigenvalue weighted by Crippen LogP contribution is 2.26. The first-order chi connectivity index (χ1) is 16.5. The molecule has 5 rings (SSSR count). The van der Waals surface area contributed by atoms with Crippen LogP contribution in [0.3, 0.4) is 0 Å². The molecule has 0 aliphatic carbocycles. The largest absolute Gasteiger partial charge is 0.494 e. The number of hydrogen-bond acceptors (Lipinski definition) is 8. The summed E-state index contributed by atoms with van der Waals surface area (Å²) in [4.78, 5) is 10.7. The molecule has 0 spiro atoms. The molecule has 0 unspecified atom stereocenters. The maximum Gasteiger partial charge on any atom is 0.243 e. The lowest BCUT2D eigenvalue weighted by Crippen LogP contribution is -2.49. The lowest BCUT2D eigenvalue weighted by molar-refractivity contribution is 0.340. The smallest absolute Gasteiger partial charge is 0.243 e. The summed E-state index contributed by atoms with van der Waals surface area (Å²) in [6.45, 7) is 3.77. The predicted molar refractivity (Wildman–Crippen MR) is 123 cm³/mol. The zero-order chi connectivity index (χ0) is 23.7. The second-order valence-electron chi connectivity index (χ2n) is 7.65. The van der Waals surface area contributed by atoms with Crippen LogP contribution in [0.5, 0.6) is 5.75 Å². The Morgan fingerprint density at radius 3 is 2.50 bits per heavy atom. The summed E-state index contributed by atoms with van der Waals surface area (Å²) in [5.41, 5.74) is 1.85. The van der Waals surface area contributed by atoms with Crippen molar-refractivity contribution in [2.45, 2.75) is 11.8 Å². The molecule has 0 bridgehead atoms. The van der Waals surface area contributed by atoms with Gasteiger partial charge in [0.15, 0.2) is 17.0 Å². The van der Waals surface area contributed by atoms with E-state index in [9.17, 15) is 12.8 Å². The minimum absolute atomic E-state index is 0.0522. The maximum absolute atomic E-state index is 13.5. The number of anilines is 1. The number of sulfonamides is 1. The minimum Gasteiger partial charge on any atom is -0.494 e. The fraction of sp³-hybridized carbons (Fsp3) is 0.273. The molecule has 2 aromatic carbocycles. The molecule has 3 heterocycles. The number of rotatable bonds is 6. The van der Waals surface area contributed by atoms with E-state index < -0.39 is 15.8 Å². The summed E-state index contributed by atoms with van der Waals surface area (Å²) < 4.78 is 47.8. The molecule has 0 N–H and O–H groups in total. The molecule has 2 aromatic heterocycles. The van der Waals surface area contributed by atoms with Gasteiger partial charge in [0.25, 0.3) is 0 Å². The number of nitrogens with zero attached hydrogens (tertiary/aromatic N) is 7. The monoisotopic (exact) mass is 483 g/mol. The normalized spacial score (nSPS) is 15.1. The highest BCUT2D eigenvalue weighted by molar-refractivity contribution is 7.89. The van der Waals surface area contributed by atoms with E-state index in [-0.39, 0.29) is 18.0 Å². The molecule has 176 valence electrons. The maximum atomic E-state index is 13.5. The van der Waals surface area contributed by atoms with E-state index in [0.717, 1.165) is 17.5 Å². The number of aromatic nitrogens is 5. The van der Waals surface area contributed by atoms with E-state index in [0.29, 0.717) is 36.7 Å². The second-order valence-corrected chi connectivity index (χ2v) is 9.58. The van der Waals surface area contributed by atoms with Gasteiger partial charge >= 0.3 is 0 Å². The summed E-state index contributed by atoms with van der Waals surface area (Å²) in [6, 6.07) is 12.5. The van der Waals surface area contributed by atoms with Crippen LogP contribution in [-0.2, 0) is 10.0 Å². The number of piperazine rings is 1. The van der Waals surface area contributed by atoms with Gasteiger partial charge in [0.05, 0.1) is 17.2 Å². The molecule has 1 fully saturated rings. The van der Waals surface area contributed by atoms with Gasteiger partial charge in [-0.3, -0.25) is 0 Å². The van der Waals surface area contributed by atoms with Crippen LogP contribution >= 0.6 is 0 Å². The molecule has 1 aliphatic heterocycles. The van der Waals surface area contributed by atoms with E-state index in [4.69, 9.17) is 4.74 Å². The number of hydrogen-bond donors (Lipinski definition) is 0. The number of fused-ring (bicyclic) bond motifs is 1. The molecular formula is C22H22FN7O3S. The number of ether oxygens (including phenoxy) is 1. The van der Waals surface area contributed by atoms with Gasteiger partial charge in [-0.05, 0) is 49.4 Å². The van der Waals surface area contributed by atoms with Gasteiger partial charge in [0.1, 0.15) is 17.9 Å². The third kappa shape index (κ3) is 4.05. The van der Waals surface area contributed by atoms with Crippen molar-refractivity contribution in [1.82, 2.24) is 29.3 Å². The van der Waals surface area contributed by atoms with E-state index in [2.05, 4.69) is 20.3 Å². The van der Waals surface area contributed by atoms with Gasteiger partial charge in [-0.25, -0.2) is 22.8 Å². The van der Waals surface area contributed by atoms with Crippen molar-refractivity contribution >= 4 is 27.0 Å². The Balaban J connectivity index is 1.37. The standard InChI is InChI=1S/C22H22FN7O3S/c1-2-33-18-8-6-17(7-9-18)30-22-20(26-27-30)21(24-15-25-22)28-10-12-29(13-11-28)34(31,32)19-5-3-4-16(23)14-19/h3-9,14-15H,2,10-13H2,1H3. The van der Waals surface area contributed by atoms with Crippen molar-refractivity contribution in [3.8, 4) is 11.4 Å². The Labute approximate surface area is 195 Å². The van der Waals surface area contributed by atoms with Crippen LogP contribution in [0.25, 0.3) is 16.9 Å². The summed E-state index contributed by atoms with van der Waals surface area (Å²) in [5, 5.41) is 8.55. The average molecular weight is 484 g/mol. The highest BCUT2D eigenvalue weighted by Gasteiger charge is 2.30. The van der Waals surface area contributed by atoms with Crippen LogP contribution < -0.4 is 9.64 Å². The van der Waals surface area contributed by atoms with Gasteiger partial charge < -0.3 is 9.64 Å². The molecule has 10 nitrogen and oxygen atoms in total. The van der Waals surface area contributed by atoms with Crippen molar-refractivity contribution in [3.63, 3.8) is 0 Å². The van der Waals surface area contributed by atoms with Crippen LogP contribution in [0.2, 0.25) is 0 Å². The summed E-state index contributed by atoms with van der Waals surface area (Å²) in [6.07, 6.45) is 1.45. The van der Waals surface area contributed by atoms with Gasteiger partial charge in [0.2, 0.25) is 10.0 Å². The molecule has 1 aliphatic rings. The molecule has 4 aromatic rings. The third-order valence-electron chi connectivity index (χ3n) is 5.58. The molecular weight excluding hydrogens is 461 g/mol. The minimum atomic E-state index is -3.78. The molecule has 0 atom stereocenters. The van der Waals surface area contributed by atoms with Crippen molar-refractivity contribution in [2.75, 3.05) is 37.7 Å². The van der Waals surface area contributed by atoms with Gasteiger partial charge in [-0.1, -0.05) is 11.3 Å². The Morgan fingerprint density at radius 2 is 1.79 bits per heavy atom. The lowest BCUT2D eigenvalue weighted by Gasteiger charge is -2.34. The zero-order valence-electron chi connectivity index (χ0n) is 18.4. The topological polar surface area (TPSA) is 106 Å². The molecule has 12 heteroatoms. The van der Waals surface area contributed by atoms with Crippen molar-refractivity contribution in [3.05, 3.63) is 60.7 Å². The lowest BCUT2D eigenvalue weighted by atomic mass is 10.3. The number of halogens is 1. The van der Waals surface area contributed by atoms with Crippen molar-refractivity contribution in [2.24, 2.45) is 0 Å². The van der Waals surface area contributed by atoms with E-state index in [1.165, 1.54) is 28.8 Å². The Bertz CT molecular complexity index is 1420. The molecule has 0 saturated carbocycles. The Hall–Kier alpha value is -3.64. The first kappa shape index (κ1) is 22.2. The van der Waals surface area contributed by atoms with Crippen LogP contribution in [0.15, 0.2) is 59.8 Å². The predicted octanol–water partition coefficient (Wildman–Crippen LogP) is 2.26. The number of benzene rings is 2. The third-order valence-corrected chi connectivity index (χ3v) is 7.48. The van der Waals surface area contributed by atoms with Crippen LogP contribution in [0.4, 0.5) is 10.2 Å². The Kier molecular flexibility index (Phi) is 5.84. The summed E-state index contributed by atoms with van der Waals surface area (Å²) in [7, 11) is -3.78. The molecule has 0 amide bonds. The first-order valence-corrected chi connectivity index (χ1v) is 12.2. The van der Waals surface area contributed by atoms with Gasteiger partial charge in [-0.2, -0.15) is 8.99 Å². The fourth-order valence-electron chi connectivity index (χ4n) is 3.91. The van der Waals surface area contributed by atoms with Crippen LogP contribution in [0.1, 0.15) is 6.92 Å². The quantitative estimate of drug-likeness (QED) is 0.411. The molecule has 0 radical (unpaired) electrons. The van der Waals surface area contributed by atoms with Crippen molar-refractivity contribution in [1.29, 1.82) is 0 Å². The first-order valence-electron chi connectivity index (χ1n) is 10.8. The Morgan fingerprint density at radius 1 is 1.03 bits per heavy atom. The summed E-state index contributed by atoms with van der Waals surface area (Å²) in [5.74, 6) is 0.765. The SMILES string of the molecule is CCOc1ccc(-n2nnc3c(N4CCN(S(=O)(=O)c5cccc(F)c5)CC4)ncnc32)cc1. The van der Waals surface area contributed by atoms with E-state index in [1.54, 1.807) is 4.68 Å². The summed E-state index contributed by atoms with van der Waals surface area (Å²) >= 11 is 0. The highest BCUT2D eigenvalue weighted by atomic mass is 32.2. The molecule has 34 heavy (non-hydrogen) atoms. The van der Waals surface area contributed by atoms with Gasteiger partial charge in [0, 0.05) is 26.2 Å². The van der Waals surface area contributed by atoms with Crippen LogP contribution in [0, 0.1) is 5.82 Å². The average Bonchev–Trinajstić information content (AvgIpc) is 3.29. The molecule has 1 saturated heterocycles. The zero-order valence-corrected chi connectivity index (χ0v) is 19.2. The van der Waals surface area contributed by atoms with Gasteiger partial charge in [-0.15, -0.1) is 5.10 Å². The van der Waals surface area contributed by atoms with Crippen molar-refractivity contribution < 1.29 is 17.5 Å². The van der Waals surface area contributed by atoms with Crippen LogP contribution in [-0.4, -0.2) is 70.5 Å². The fourth-order valence-corrected chi connectivity index (χ4v) is 5.36.